The number of carbonyl (C=O) groups is 1. The number of hydrogen-bond donors (Lipinski definition) is 1. The van der Waals surface area contributed by atoms with Crippen LogP contribution in [0.3, 0.4) is 0 Å². The second kappa shape index (κ2) is 4.90. The molecular formula is C13H13BrN2OS. The second-order valence-electron chi connectivity index (χ2n) is 4.53. The number of rotatable bonds is 4. The summed E-state index contributed by atoms with van der Waals surface area (Å²) in [6, 6.07) is 4.34. The van der Waals surface area contributed by atoms with E-state index in [0.717, 1.165) is 17.3 Å². The average Bonchev–Trinajstić information content (AvgIpc) is 2.88. The quantitative estimate of drug-likeness (QED) is 0.915. The summed E-state index contributed by atoms with van der Waals surface area (Å²) in [4.78, 5) is 17.4. The molecule has 18 heavy (non-hydrogen) atoms. The van der Waals surface area contributed by atoms with Crippen LogP contribution in [0.15, 0.2) is 33.6 Å². The van der Waals surface area contributed by atoms with Gasteiger partial charge in [-0.1, -0.05) is 0 Å². The summed E-state index contributed by atoms with van der Waals surface area (Å²) in [5, 5.41) is 4.16. The lowest BCUT2D eigenvalue weighted by Gasteiger charge is -2.21. The number of halogens is 1. The summed E-state index contributed by atoms with van der Waals surface area (Å²) in [6.45, 7) is 0.712. The third kappa shape index (κ3) is 2.52. The normalized spacial score (nSPS) is 14.7. The SMILES string of the molecule is O=C(c1cc(Br)c[nH]1)N(Cc1ccsc1)C1CC1. The summed E-state index contributed by atoms with van der Waals surface area (Å²) in [6.07, 6.45) is 4.04. The van der Waals surface area contributed by atoms with E-state index in [1.807, 2.05) is 11.0 Å². The van der Waals surface area contributed by atoms with E-state index in [0.29, 0.717) is 18.3 Å². The number of thiophene rings is 1. The van der Waals surface area contributed by atoms with E-state index in [4.69, 9.17) is 0 Å². The Kier molecular flexibility index (Phi) is 3.26. The van der Waals surface area contributed by atoms with Crippen LogP contribution in [0.4, 0.5) is 0 Å². The van der Waals surface area contributed by atoms with Crippen molar-refractivity contribution in [2.75, 3.05) is 0 Å². The Morgan fingerprint density at radius 2 is 2.39 bits per heavy atom. The topological polar surface area (TPSA) is 36.1 Å². The van der Waals surface area contributed by atoms with Crippen LogP contribution in [0, 0.1) is 0 Å². The molecule has 5 heteroatoms. The fourth-order valence-corrected chi connectivity index (χ4v) is 2.98. The lowest BCUT2D eigenvalue weighted by molar-refractivity contribution is 0.0725. The number of nitrogens with one attached hydrogen (secondary N) is 1. The minimum Gasteiger partial charge on any atom is -0.356 e. The fraction of sp³-hybridized carbons (Fsp3) is 0.308. The standard InChI is InChI=1S/C13H13BrN2OS/c14-10-5-12(15-6-10)13(17)16(11-1-2-11)7-9-3-4-18-8-9/h3-6,8,11,15H,1-2,7H2. The summed E-state index contributed by atoms with van der Waals surface area (Å²) in [5.74, 6) is 0.0920. The van der Waals surface area contributed by atoms with Crippen LogP contribution in [0.25, 0.3) is 0 Å². The van der Waals surface area contributed by atoms with E-state index in [1.54, 1.807) is 17.5 Å². The second-order valence-corrected chi connectivity index (χ2v) is 6.22. The van der Waals surface area contributed by atoms with E-state index in [-0.39, 0.29) is 5.91 Å². The molecule has 1 fully saturated rings. The maximum atomic E-state index is 12.4. The maximum Gasteiger partial charge on any atom is 0.270 e. The van der Waals surface area contributed by atoms with Crippen molar-refractivity contribution in [3.05, 3.63) is 44.8 Å². The number of aromatic amines is 1. The first-order valence-electron chi connectivity index (χ1n) is 5.90. The molecule has 1 amide bonds. The minimum atomic E-state index is 0.0920. The lowest BCUT2D eigenvalue weighted by atomic mass is 10.2. The Bertz CT molecular complexity index is 545. The van der Waals surface area contributed by atoms with Crippen LogP contribution in [-0.4, -0.2) is 21.8 Å². The van der Waals surface area contributed by atoms with Gasteiger partial charge in [0.1, 0.15) is 5.69 Å². The van der Waals surface area contributed by atoms with Gasteiger partial charge in [-0.15, -0.1) is 0 Å². The zero-order valence-corrected chi connectivity index (χ0v) is 12.1. The van der Waals surface area contributed by atoms with Crippen molar-refractivity contribution in [2.45, 2.75) is 25.4 Å². The number of nitrogens with zero attached hydrogens (tertiary/aromatic N) is 1. The highest BCUT2D eigenvalue weighted by Gasteiger charge is 2.33. The van der Waals surface area contributed by atoms with E-state index in [1.165, 1.54) is 5.56 Å². The smallest absolute Gasteiger partial charge is 0.270 e. The van der Waals surface area contributed by atoms with Gasteiger partial charge in [0.15, 0.2) is 0 Å². The Labute approximate surface area is 118 Å². The molecule has 0 spiro atoms. The molecule has 1 saturated carbocycles. The van der Waals surface area contributed by atoms with E-state index in [2.05, 4.69) is 37.7 Å². The predicted molar refractivity (Wildman–Crippen MR) is 75.7 cm³/mol. The molecule has 2 aromatic heterocycles. The van der Waals surface area contributed by atoms with Crippen LogP contribution in [0.1, 0.15) is 28.9 Å². The Morgan fingerprint density at radius 3 is 2.94 bits per heavy atom. The number of aromatic nitrogens is 1. The maximum absolute atomic E-state index is 12.4. The van der Waals surface area contributed by atoms with Gasteiger partial charge in [0, 0.05) is 23.3 Å². The van der Waals surface area contributed by atoms with Crippen molar-refractivity contribution in [3.8, 4) is 0 Å². The van der Waals surface area contributed by atoms with Crippen molar-refractivity contribution < 1.29 is 4.79 Å². The Morgan fingerprint density at radius 1 is 1.56 bits per heavy atom. The van der Waals surface area contributed by atoms with E-state index in [9.17, 15) is 4.79 Å². The highest BCUT2D eigenvalue weighted by Crippen LogP contribution is 2.30. The molecule has 0 saturated heterocycles. The van der Waals surface area contributed by atoms with Gasteiger partial charge < -0.3 is 9.88 Å². The minimum absolute atomic E-state index is 0.0920. The highest BCUT2D eigenvalue weighted by atomic mass is 79.9. The first-order valence-corrected chi connectivity index (χ1v) is 7.63. The Hall–Kier alpha value is -1.07. The third-order valence-corrected chi connectivity index (χ3v) is 4.25. The number of H-pyrrole nitrogens is 1. The molecule has 0 atom stereocenters. The molecule has 0 unspecified atom stereocenters. The lowest BCUT2D eigenvalue weighted by Crippen LogP contribution is -2.32. The summed E-state index contributed by atoms with van der Waals surface area (Å²) in [7, 11) is 0. The molecular weight excluding hydrogens is 312 g/mol. The number of amides is 1. The van der Waals surface area contributed by atoms with Gasteiger partial charge in [0.25, 0.3) is 5.91 Å². The van der Waals surface area contributed by atoms with Gasteiger partial charge in [-0.05, 0) is 57.2 Å². The van der Waals surface area contributed by atoms with Crippen LogP contribution in [0.2, 0.25) is 0 Å². The number of carbonyl (C=O) groups excluding carboxylic acids is 1. The molecule has 0 aromatic carbocycles. The zero-order valence-electron chi connectivity index (χ0n) is 9.73. The first-order chi connectivity index (χ1) is 8.74. The molecule has 0 bridgehead atoms. The van der Waals surface area contributed by atoms with Crippen molar-refractivity contribution in [2.24, 2.45) is 0 Å². The van der Waals surface area contributed by atoms with Gasteiger partial charge in [0.05, 0.1) is 0 Å². The molecule has 3 rings (SSSR count). The van der Waals surface area contributed by atoms with Crippen molar-refractivity contribution in [3.63, 3.8) is 0 Å². The van der Waals surface area contributed by atoms with Gasteiger partial charge >= 0.3 is 0 Å². The monoisotopic (exact) mass is 324 g/mol. The van der Waals surface area contributed by atoms with Gasteiger partial charge in [-0.25, -0.2) is 0 Å². The van der Waals surface area contributed by atoms with Crippen molar-refractivity contribution in [1.29, 1.82) is 0 Å². The van der Waals surface area contributed by atoms with Crippen LogP contribution in [0.5, 0.6) is 0 Å². The molecule has 1 N–H and O–H groups in total. The highest BCUT2D eigenvalue weighted by molar-refractivity contribution is 9.10. The fourth-order valence-electron chi connectivity index (χ4n) is 1.98. The molecule has 94 valence electrons. The molecule has 0 aliphatic heterocycles. The Balaban J connectivity index is 1.79. The number of hydrogen-bond acceptors (Lipinski definition) is 2. The predicted octanol–water partition coefficient (Wildman–Crippen LogP) is 3.64. The van der Waals surface area contributed by atoms with Crippen LogP contribution < -0.4 is 0 Å². The summed E-state index contributed by atoms with van der Waals surface area (Å²) >= 11 is 5.03. The van der Waals surface area contributed by atoms with Crippen LogP contribution in [-0.2, 0) is 6.54 Å². The van der Waals surface area contributed by atoms with Crippen LogP contribution >= 0.6 is 27.3 Å². The summed E-state index contributed by atoms with van der Waals surface area (Å²) in [5.41, 5.74) is 1.87. The zero-order chi connectivity index (χ0) is 12.5. The third-order valence-electron chi connectivity index (χ3n) is 3.06. The molecule has 0 radical (unpaired) electrons. The first kappa shape index (κ1) is 12.0. The summed E-state index contributed by atoms with van der Waals surface area (Å²) < 4.78 is 0.914. The average molecular weight is 325 g/mol. The van der Waals surface area contributed by atoms with E-state index < -0.39 is 0 Å². The molecule has 1 aliphatic rings. The molecule has 2 aromatic rings. The van der Waals surface area contributed by atoms with Gasteiger partial charge in [0.2, 0.25) is 0 Å². The molecule has 3 nitrogen and oxygen atoms in total. The molecule has 1 aliphatic carbocycles. The molecule has 2 heterocycles. The van der Waals surface area contributed by atoms with Gasteiger partial charge in [-0.3, -0.25) is 4.79 Å². The van der Waals surface area contributed by atoms with E-state index >= 15 is 0 Å². The van der Waals surface area contributed by atoms with Crippen molar-refractivity contribution >= 4 is 33.2 Å². The van der Waals surface area contributed by atoms with Crippen molar-refractivity contribution in [1.82, 2.24) is 9.88 Å². The van der Waals surface area contributed by atoms with Gasteiger partial charge in [-0.2, -0.15) is 11.3 Å². The largest absolute Gasteiger partial charge is 0.356 e.